The van der Waals surface area contributed by atoms with Crippen LogP contribution in [0.5, 0.6) is 0 Å². The first-order valence-corrected chi connectivity index (χ1v) is 4.49. The van der Waals surface area contributed by atoms with Gasteiger partial charge in [-0.15, -0.1) is 11.8 Å². The lowest BCUT2D eigenvalue weighted by Gasteiger charge is -2.06. The Morgan fingerprint density at radius 3 is 2.82 bits per heavy atom. The van der Waals surface area contributed by atoms with Crippen LogP contribution in [0.25, 0.3) is 0 Å². The molecule has 1 unspecified atom stereocenters. The van der Waals surface area contributed by atoms with Crippen molar-refractivity contribution in [3.8, 4) is 0 Å². The summed E-state index contributed by atoms with van der Waals surface area (Å²) in [4.78, 5) is 20.8. The number of hydrogen-bond acceptors (Lipinski definition) is 4. The number of aldehydes is 1. The van der Waals surface area contributed by atoms with Gasteiger partial charge in [-0.2, -0.15) is 0 Å². The van der Waals surface area contributed by atoms with Crippen LogP contribution in [0.3, 0.4) is 0 Å². The van der Waals surface area contributed by atoms with E-state index in [1.165, 1.54) is 11.8 Å². The van der Waals surface area contributed by atoms with Gasteiger partial charge >= 0.3 is 5.97 Å². The largest absolute Gasteiger partial charge is 0.465 e. The maximum absolute atomic E-state index is 10.9. The summed E-state index contributed by atoms with van der Waals surface area (Å²) in [7, 11) is 0. The fraction of sp³-hybridized carbons (Fsp3) is 0.714. The maximum atomic E-state index is 10.9. The Hall–Kier alpha value is -0.510. The van der Waals surface area contributed by atoms with Crippen LogP contribution in [0.2, 0.25) is 0 Å². The molecule has 0 aromatic heterocycles. The number of thioether (sulfide) groups is 1. The molecule has 0 spiro atoms. The first-order valence-electron chi connectivity index (χ1n) is 3.44. The molecule has 0 saturated carbocycles. The predicted molar refractivity (Wildman–Crippen MR) is 44.6 cm³/mol. The molecule has 0 aromatic rings. The molecule has 0 bridgehead atoms. The Morgan fingerprint density at radius 1 is 1.73 bits per heavy atom. The predicted octanol–water partition coefficient (Wildman–Crippen LogP) is 0.870. The van der Waals surface area contributed by atoms with Gasteiger partial charge in [0.25, 0.3) is 0 Å². The quantitative estimate of drug-likeness (QED) is 0.460. The molecule has 64 valence electrons. The van der Waals surface area contributed by atoms with Crippen molar-refractivity contribution in [3.63, 3.8) is 0 Å². The third kappa shape index (κ3) is 4.84. The Labute approximate surface area is 70.5 Å². The van der Waals surface area contributed by atoms with E-state index in [1.807, 2.05) is 0 Å². The van der Waals surface area contributed by atoms with E-state index in [-0.39, 0.29) is 11.2 Å². The molecular weight excluding hydrogens is 164 g/mol. The Balaban J connectivity index is 3.54. The number of rotatable bonds is 5. The second kappa shape index (κ2) is 6.22. The van der Waals surface area contributed by atoms with E-state index in [0.29, 0.717) is 12.4 Å². The van der Waals surface area contributed by atoms with Crippen molar-refractivity contribution in [2.45, 2.75) is 19.1 Å². The van der Waals surface area contributed by atoms with Gasteiger partial charge < -0.3 is 9.53 Å². The van der Waals surface area contributed by atoms with Crippen LogP contribution < -0.4 is 0 Å². The van der Waals surface area contributed by atoms with Gasteiger partial charge in [0, 0.05) is 0 Å². The zero-order valence-corrected chi connectivity index (χ0v) is 7.52. The topological polar surface area (TPSA) is 43.4 Å². The Bertz CT molecular complexity index is 136. The van der Waals surface area contributed by atoms with Gasteiger partial charge in [-0.1, -0.05) is 0 Å². The second-order valence-corrected chi connectivity index (χ2v) is 3.27. The monoisotopic (exact) mass is 176 g/mol. The number of carbonyl (C=O) groups excluding carboxylic acids is 2. The van der Waals surface area contributed by atoms with E-state index in [0.717, 1.165) is 6.29 Å². The summed E-state index contributed by atoms with van der Waals surface area (Å²) in [5.41, 5.74) is 0. The fourth-order valence-electron chi connectivity index (χ4n) is 0.511. The molecular formula is C7H12O3S. The van der Waals surface area contributed by atoms with Gasteiger partial charge in [-0.05, 0) is 13.8 Å². The molecule has 0 aliphatic carbocycles. The number of ether oxygens (including phenoxy) is 1. The van der Waals surface area contributed by atoms with Gasteiger partial charge in [0.05, 0.1) is 17.6 Å². The minimum atomic E-state index is -0.251. The first kappa shape index (κ1) is 10.5. The van der Waals surface area contributed by atoms with E-state index in [4.69, 9.17) is 4.74 Å². The van der Waals surface area contributed by atoms with E-state index < -0.39 is 0 Å². The summed E-state index contributed by atoms with van der Waals surface area (Å²) in [6, 6.07) is 0. The molecule has 1 atom stereocenters. The first-order chi connectivity index (χ1) is 5.22. The van der Waals surface area contributed by atoms with E-state index >= 15 is 0 Å². The zero-order valence-electron chi connectivity index (χ0n) is 6.70. The highest BCUT2D eigenvalue weighted by Gasteiger charge is 2.12. The molecule has 0 saturated heterocycles. The average molecular weight is 176 g/mol. The Kier molecular flexibility index (Phi) is 5.93. The van der Waals surface area contributed by atoms with Gasteiger partial charge in [0.1, 0.15) is 6.29 Å². The smallest absolute Gasteiger partial charge is 0.318 e. The summed E-state index contributed by atoms with van der Waals surface area (Å²) < 4.78 is 4.73. The molecule has 0 fully saturated rings. The van der Waals surface area contributed by atoms with Crippen molar-refractivity contribution in [1.29, 1.82) is 0 Å². The maximum Gasteiger partial charge on any atom is 0.318 e. The summed E-state index contributed by atoms with van der Waals surface area (Å²) in [6.45, 7) is 3.88. The average Bonchev–Trinajstić information content (AvgIpc) is 2.00. The highest BCUT2D eigenvalue weighted by atomic mass is 32.2. The van der Waals surface area contributed by atoms with Crippen LogP contribution in [0.4, 0.5) is 0 Å². The van der Waals surface area contributed by atoms with Gasteiger partial charge in [0.2, 0.25) is 0 Å². The van der Waals surface area contributed by atoms with Crippen molar-refractivity contribution < 1.29 is 14.3 Å². The van der Waals surface area contributed by atoms with E-state index in [2.05, 4.69) is 0 Å². The minimum Gasteiger partial charge on any atom is -0.465 e. The molecule has 11 heavy (non-hydrogen) atoms. The molecule has 4 heteroatoms. The van der Waals surface area contributed by atoms with Crippen molar-refractivity contribution in [1.82, 2.24) is 0 Å². The summed E-state index contributed by atoms with van der Waals surface area (Å²) in [5, 5.41) is -0.236. The molecule has 0 amide bonds. The van der Waals surface area contributed by atoms with E-state index in [1.54, 1.807) is 13.8 Å². The van der Waals surface area contributed by atoms with Crippen LogP contribution in [0.15, 0.2) is 0 Å². The van der Waals surface area contributed by atoms with Gasteiger partial charge in [0.15, 0.2) is 0 Å². The van der Waals surface area contributed by atoms with Crippen LogP contribution in [-0.2, 0) is 14.3 Å². The normalized spacial score (nSPS) is 12.2. The fourth-order valence-corrected chi connectivity index (χ4v) is 1.08. The lowest BCUT2D eigenvalue weighted by atomic mass is 10.5. The molecule has 0 aromatic carbocycles. The molecule has 0 aliphatic heterocycles. The molecule has 0 N–H and O–H groups in total. The molecule has 3 nitrogen and oxygen atoms in total. The summed E-state index contributed by atoms with van der Waals surface area (Å²) in [6.07, 6.45) is 0.778. The van der Waals surface area contributed by atoms with Crippen LogP contribution in [0.1, 0.15) is 13.8 Å². The highest BCUT2D eigenvalue weighted by Crippen LogP contribution is 2.09. The summed E-state index contributed by atoms with van der Waals surface area (Å²) in [5.74, 6) is 0.0966. The molecule has 0 aliphatic rings. The number of carbonyl (C=O) groups is 2. The van der Waals surface area contributed by atoms with Gasteiger partial charge in [-0.3, -0.25) is 4.79 Å². The molecule has 0 rings (SSSR count). The lowest BCUT2D eigenvalue weighted by molar-refractivity contribution is -0.142. The SMILES string of the molecule is CCOC(=O)C(C)SCC=O. The minimum absolute atomic E-state index is 0.236. The van der Waals surface area contributed by atoms with Crippen molar-refractivity contribution in [2.24, 2.45) is 0 Å². The van der Waals surface area contributed by atoms with Crippen molar-refractivity contribution in [3.05, 3.63) is 0 Å². The number of hydrogen-bond donors (Lipinski definition) is 0. The summed E-state index contributed by atoms with van der Waals surface area (Å²) >= 11 is 1.28. The lowest BCUT2D eigenvalue weighted by Crippen LogP contribution is -2.17. The van der Waals surface area contributed by atoms with Crippen molar-refractivity contribution in [2.75, 3.05) is 12.4 Å². The Morgan fingerprint density at radius 2 is 2.36 bits per heavy atom. The third-order valence-electron chi connectivity index (χ3n) is 1.03. The van der Waals surface area contributed by atoms with Crippen LogP contribution >= 0.6 is 11.8 Å². The standard InChI is InChI=1S/C7H12O3S/c1-3-10-7(9)6(2)11-5-4-8/h4,6H,3,5H2,1-2H3. The molecule has 0 radical (unpaired) electrons. The zero-order chi connectivity index (χ0) is 8.69. The second-order valence-electron chi connectivity index (χ2n) is 1.89. The third-order valence-corrected chi connectivity index (χ3v) is 2.05. The highest BCUT2D eigenvalue weighted by molar-refractivity contribution is 8.01. The van der Waals surface area contributed by atoms with Crippen LogP contribution in [0, 0.1) is 0 Å². The number of esters is 1. The van der Waals surface area contributed by atoms with Gasteiger partial charge in [-0.25, -0.2) is 0 Å². The van der Waals surface area contributed by atoms with Crippen molar-refractivity contribution >= 4 is 24.0 Å². The van der Waals surface area contributed by atoms with Crippen LogP contribution in [-0.4, -0.2) is 29.9 Å². The van der Waals surface area contributed by atoms with E-state index in [9.17, 15) is 9.59 Å². The molecule has 0 heterocycles.